The van der Waals surface area contributed by atoms with E-state index in [0.717, 1.165) is 12.8 Å². The van der Waals surface area contributed by atoms with E-state index in [0.29, 0.717) is 17.4 Å². The molecule has 0 saturated carbocycles. The summed E-state index contributed by atoms with van der Waals surface area (Å²) < 4.78 is 22.3. The Labute approximate surface area is 82.8 Å². The van der Waals surface area contributed by atoms with Crippen molar-refractivity contribution < 1.29 is 8.42 Å². The highest BCUT2D eigenvalue weighted by molar-refractivity contribution is 9.10. The van der Waals surface area contributed by atoms with Crippen molar-refractivity contribution in [2.75, 3.05) is 11.5 Å². The lowest BCUT2D eigenvalue weighted by Crippen LogP contribution is -2.33. The van der Waals surface area contributed by atoms with Crippen molar-refractivity contribution in [1.82, 2.24) is 0 Å². The summed E-state index contributed by atoms with van der Waals surface area (Å²) in [7, 11) is -2.70. The Kier molecular flexibility index (Phi) is 2.88. The largest absolute Gasteiger partial charge is 0.229 e. The molecule has 1 aliphatic heterocycles. The standard InChI is InChI=1S/C8H15BrO2S/c1-8(2,9)7-3-5-12(10,11)6-4-7/h7H,3-6H2,1-2H3. The molecule has 12 heavy (non-hydrogen) atoms. The zero-order valence-corrected chi connectivity index (χ0v) is 9.91. The van der Waals surface area contributed by atoms with Crippen LogP contribution in [0.15, 0.2) is 0 Å². The SMILES string of the molecule is CC(C)(Br)C1CCS(=O)(=O)CC1. The van der Waals surface area contributed by atoms with Crippen molar-refractivity contribution in [1.29, 1.82) is 0 Å². The van der Waals surface area contributed by atoms with Gasteiger partial charge in [0.1, 0.15) is 9.84 Å². The van der Waals surface area contributed by atoms with Crippen LogP contribution in [-0.2, 0) is 9.84 Å². The van der Waals surface area contributed by atoms with Gasteiger partial charge in [-0.05, 0) is 32.6 Å². The van der Waals surface area contributed by atoms with Gasteiger partial charge in [-0.3, -0.25) is 0 Å². The number of sulfone groups is 1. The minimum Gasteiger partial charge on any atom is -0.229 e. The normalized spacial score (nSPS) is 25.6. The summed E-state index contributed by atoms with van der Waals surface area (Å²) in [4.78, 5) is 0. The maximum atomic E-state index is 11.1. The molecule has 1 saturated heterocycles. The van der Waals surface area contributed by atoms with E-state index in [1.807, 2.05) is 0 Å². The van der Waals surface area contributed by atoms with E-state index in [9.17, 15) is 8.42 Å². The molecule has 0 amide bonds. The van der Waals surface area contributed by atoms with Crippen LogP contribution in [0.25, 0.3) is 0 Å². The molecule has 0 aromatic carbocycles. The maximum Gasteiger partial charge on any atom is 0.150 e. The van der Waals surface area contributed by atoms with Gasteiger partial charge < -0.3 is 0 Å². The summed E-state index contributed by atoms with van der Waals surface area (Å²) in [6.45, 7) is 4.21. The first-order valence-corrected chi connectivity index (χ1v) is 6.82. The molecule has 0 unspecified atom stereocenters. The molecule has 0 aliphatic carbocycles. The fourth-order valence-electron chi connectivity index (χ4n) is 1.58. The van der Waals surface area contributed by atoms with Gasteiger partial charge in [0.05, 0.1) is 11.5 Å². The summed E-state index contributed by atoms with van der Waals surface area (Å²) in [5.74, 6) is 1.24. The molecule has 0 atom stereocenters. The van der Waals surface area contributed by atoms with E-state index in [2.05, 4.69) is 29.8 Å². The van der Waals surface area contributed by atoms with Crippen LogP contribution in [0.4, 0.5) is 0 Å². The van der Waals surface area contributed by atoms with E-state index in [-0.39, 0.29) is 4.32 Å². The zero-order valence-electron chi connectivity index (χ0n) is 7.51. The quantitative estimate of drug-likeness (QED) is 0.671. The van der Waals surface area contributed by atoms with Crippen LogP contribution in [0.2, 0.25) is 0 Å². The van der Waals surface area contributed by atoms with Gasteiger partial charge in [0, 0.05) is 4.32 Å². The predicted octanol–water partition coefficient (Wildman–Crippen LogP) is 1.98. The molecular formula is C8H15BrO2S. The first-order valence-electron chi connectivity index (χ1n) is 4.20. The molecule has 0 bridgehead atoms. The average molecular weight is 255 g/mol. The molecule has 1 rings (SSSR count). The molecule has 0 aromatic rings. The Balaban J connectivity index is 2.58. The number of hydrogen-bond donors (Lipinski definition) is 0. The highest BCUT2D eigenvalue weighted by atomic mass is 79.9. The monoisotopic (exact) mass is 254 g/mol. The van der Waals surface area contributed by atoms with E-state index < -0.39 is 9.84 Å². The molecular weight excluding hydrogens is 240 g/mol. The molecule has 0 radical (unpaired) electrons. The maximum absolute atomic E-state index is 11.1. The second-order valence-corrected chi connectivity index (χ2v) is 8.34. The van der Waals surface area contributed by atoms with E-state index in [4.69, 9.17) is 0 Å². The Morgan fingerprint density at radius 1 is 1.25 bits per heavy atom. The summed E-state index contributed by atoms with van der Waals surface area (Å²) >= 11 is 3.58. The van der Waals surface area contributed by atoms with Gasteiger partial charge in [-0.1, -0.05) is 15.9 Å². The topological polar surface area (TPSA) is 34.1 Å². The molecule has 0 spiro atoms. The summed E-state index contributed by atoms with van der Waals surface area (Å²) in [5.41, 5.74) is 0. The van der Waals surface area contributed by atoms with Gasteiger partial charge in [-0.2, -0.15) is 0 Å². The molecule has 1 heterocycles. The van der Waals surface area contributed by atoms with Gasteiger partial charge >= 0.3 is 0 Å². The smallest absolute Gasteiger partial charge is 0.150 e. The Bertz CT molecular complexity index is 237. The molecule has 0 N–H and O–H groups in total. The third kappa shape index (κ3) is 2.73. The average Bonchev–Trinajstić information content (AvgIpc) is 1.83. The third-order valence-corrected chi connectivity index (χ3v) is 4.89. The molecule has 1 fully saturated rings. The lowest BCUT2D eigenvalue weighted by Gasteiger charge is -2.31. The Morgan fingerprint density at radius 2 is 1.67 bits per heavy atom. The third-order valence-electron chi connectivity index (χ3n) is 2.53. The van der Waals surface area contributed by atoms with Crippen LogP contribution in [0, 0.1) is 5.92 Å². The van der Waals surface area contributed by atoms with Crippen LogP contribution < -0.4 is 0 Å². The van der Waals surface area contributed by atoms with Crippen LogP contribution in [-0.4, -0.2) is 24.2 Å². The van der Waals surface area contributed by atoms with Crippen LogP contribution in [0.3, 0.4) is 0 Å². The number of rotatable bonds is 1. The molecule has 2 nitrogen and oxygen atoms in total. The fourth-order valence-corrected chi connectivity index (χ4v) is 3.53. The summed E-state index contributed by atoms with van der Waals surface area (Å²) in [6, 6.07) is 0. The van der Waals surface area contributed by atoms with Crippen LogP contribution in [0.1, 0.15) is 26.7 Å². The highest BCUT2D eigenvalue weighted by Gasteiger charge is 2.32. The van der Waals surface area contributed by atoms with E-state index >= 15 is 0 Å². The molecule has 0 aromatic heterocycles. The number of hydrogen-bond acceptors (Lipinski definition) is 2. The first-order chi connectivity index (χ1) is 5.31. The highest BCUT2D eigenvalue weighted by Crippen LogP contribution is 2.34. The molecule has 72 valence electrons. The van der Waals surface area contributed by atoms with Crippen molar-refractivity contribution >= 4 is 25.8 Å². The van der Waals surface area contributed by atoms with Gasteiger partial charge in [-0.25, -0.2) is 8.42 Å². The Hall–Kier alpha value is 0.430. The lowest BCUT2D eigenvalue weighted by atomic mass is 9.90. The van der Waals surface area contributed by atoms with Gasteiger partial charge in [0.15, 0.2) is 0 Å². The van der Waals surface area contributed by atoms with Crippen molar-refractivity contribution in [3.8, 4) is 0 Å². The van der Waals surface area contributed by atoms with Crippen molar-refractivity contribution in [2.45, 2.75) is 31.0 Å². The van der Waals surface area contributed by atoms with Gasteiger partial charge in [0.2, 0.25) is 0 Å². The number of halogens is 1. The first kappa shape index (κ1) is 10.5. The van der Waals surface area contributed by atoms with Crippen LogP contribution in [0.5, 0.6) is 0 Å². The van der Waals surface area contributed by atoms with Crippen molar-refractivity contribution in [3.63, 3.8) is 0 Å². The zero-order chi connectivity index (χ0) is 9.41. The van der Waals surface area contributed by atoms with Gasteiger partial charge in [-0.15, -0.1) is 0 Å². The second-order valence-electron chi connectivity index (χ2n) is 3.99. The van der Waals surface area contributed by atoms with E-state index in [1.165, 1.54) is 0 Å². The summed E-state index contributed by atoms with van der Waals surface area (Å²) in [6.07, 6.45) is 1.61. The van der Waals surface area contributed by atoms with Crippen LogP contribution >= 0.6 is 15.9 Å². The second kappa shape index (κ2) is 3.29. The molecule has 1 aliphatic rings. The molecule has 4 heteroatoms. The summed E-state index contributed by atoms with van der Waals surface area (Å²) in [5, 5.41) is 0. The Morgan fingerprint density at radius 3 is 2.00 bits per heavy atom. The minimum absolute atomic E-state index is 0.0863. The number of alkyl halides is 1. The minimum atomic E-state index is -2.70. The predicted molar refractivity (Wildman–Crippen MR) is 54.4 cm³/mol. The van der Waals surface area contributed by atoms with Crippen molar-refractivity contribution in [3.05, 3.63) is 0 Å². The van der Waals surface area contributed by atoms with Gasteiger partial charge in [0.25, 0.3) is 0 Å². The van der Waals surface area contributed by atoms with E-state index in [1.54, 1.807) is 0 Å². The fraction of sp³-hybridized carbons (Fsp3) is 1.00. The lowest BCUT2D eigenvalue weighted by molar-refractivity contribution is 0.392. The van der Waals surface area contributed by atoms with Crippen molar-refractivity contribution in [2.24, 2.45) is 5.92 Å².